The number of benzene rings is 3. The number of ether oxygens (including phenoxy) is 2. The number of methoxy groups -OCH3 is 2. The Morgan fingerprint density at radius 3 is 1.75 bits per heavy atom. The summed E-state index contributed by atoms with van der Waals surface area (Å²) in [6.07, 6.45) is 11.5. The van der Waals surface area contributed by atoms with E-state index >= 15 is 0 Å². The van der Waals surface area contributed by atoms with Crippen LogP contribution in [0.15, 0.2) is 60.8 Å². The Labute approximate surface area is 391 Å². The van der Waals surface area contributed by atoms with E-state index in [9.17, 15) is 19.2 Å². The normalized spacial score (nSPS) is 25.0. The van der Waals surface area contributed by atoms with Gasteiger partial charge in [-0.05, 0) is 132 Å². The predicted octanol–water partition coefficient (Wildman–Crippen LogP) is 9.03. The first-order valence-corrected chi connectivity index (χ1v) is 24.5. The maximum Gasteiger partial charge on any atom is 0.407 e. The van der Waals surface area contributed by atoms with Gasteiger partial charge in [-0.25, -0.2) is 19.6 Å². The third kappa shape index (κ3) is 7.64. The van der Waals surface area contributed by atoms with Crippen LogP contribution in [0.25, 0.3) is 44.5 Å². The van der Waals surface area contributed by atoms with Crippen LogP contribution in [-0.4, -0.2) is 92.1 Å². The van der Waals surface area contributed by atoms with E-state index in [2.05, 4.69) is 75.2 Å². The molecule has 0 radical (unpaired) electrons. The molecule has 67 heavy (non-hydrogen) atoms. The molecule has 2 aliphatic heterocycles. The van der Waals surface area contributed by atoms with Crippen LogP contribution in [0.4, 0.5) is 9.59 Å². The van der Waals surface area contributed by atoms with Gasteiger partial charge >= 0.3 is 12.2 Å². The molecule has 14 nitrogen and oxygen atoms in total. The Kier molecular flexibility index (Phi) is 10.7. The molecule has 5 unspecified atom stereocenters. The second kappa shape index (κ2) is 16.6. The number of hydrogen-bond donors (Lipinski definition) is 4. The molecule has 0 bridgehead atoms. The van der Waals surface area contributed by atoms with Gasteiger partial charge in [0.05, 0.1) is 49.2 Å². The first-order valence-electron chi connectivity index (χ1n) is 24.5. The van der Waals surface area contributed by atoms with Gasteiger partial charge in [-0.15, -0.1) is 0 Å². The minimum Gasteiger partial charge on any atom is -0.453 e. The molecule has 2 saturated heterocycles. The van der Waals surface area contributed by atoms with Crippen LogP contribution in [0, 0.1) is 29.1 Å². The van der Waals surface area contributed by atoms with Gasteiger partial charge < -0.3 is 39.9 Å². The molecule has 4 amide bonds. The van der Waals surface area contributed by atoms with Crippen LogP contribution in [0.2, 0.25) is 0 Å². The van der Waals surface area contributed by atoms with Crippen LogP contribution in [0.1, 0.15) is 114 Å². The highest BCUT2D eigenvalue weighted by molar-refractivity contribution is 5.89. The second-order valence-electron chi connectivity index (χ2n) is 21.1. The maximum atomic E-state index is 14.1. The topological polar surface area (TPSA) is 175 Å². The van der Waals surface area contributed by atoms with Crippen molar-refractivity contribution in [1.82, 2.24) is 40.4 Å². The van der Waals surface area contributed by atoms with E-state index in [0.29, 0.717) is 17.3 Å². The van der Waals surface area contributed by atoms with Gasteiger partial charge in [-0.3, -0.25) is 9.59 Å². The number of carbonyl (C=O) groups excluding carboxylic acids is 4. The lowest BCUT2D eigenvalue weighted by Crippen LogP contribution is -2.52. The number of likely N-dealkylation sites (tertiary alicyclic amines) is 2. The largest absolute Gasteiger partial charge is 0.453 e. The molecule has 5 aromatic rings. The lowest BCUT2D eigenvalue weighted by Gasteiger charge is -2.31. The van der Waals surface area contributed by atoms with Crippen molar-refractivity contribution in [2.24, 2.45) is 29.1 Å². The maximum absolute atomic E-state index is 14.1. The molecule has 3 aromatic carbocycles. The molecule has 350 valence electrons. The molecule has 4 heterocycles. The van der Waals surface area contributed by atoms with Crippen LogP contribution in [-0.2, 0) is 31.9 Å². The van der Waals surface area contributed by atoms with Crippen LogP contribution < -0.4 is 10.6 Å². The smallest absolute Gasteiger partial charge is 0.407 e. The quantitative estimate of drug-likeness (QED) is 0.102. The van der Waals surface area contributed by atoms with Gasteiger partial charge in [0.25, 0.3) is 0 Å². The number of hydrogen-bond acceptors (Lipinski definition) is 8. The van der Waals surface area contributed by atoms with Crippen molar-refractivity contribution in [1.29, 1.82) is 0 Å². The minimum absolute atomic E-state index is 0.0805. The molecule has 2 aromatic heterocycles. The van der Waals surface area contributed by atoms with E-state index in [1.54, 1.807) is 0 Å². The van der Waals surface area contributed by atoms with Crippen molar-refractivity contribution in [3.63, 3.8) is 0 Å². The first kappa shape index (κ1) is 43.4. The first-order chi connectivity index (χ1) is 32.3. The van der Waals surface area contributed by atoms with Crippen LogP contribution >= 0.6 is 0 Å². The Morgan fingerprint density at radius 1 is 0.672 bits per heavy atom. The summed E-state index contributed by atoms with van der Waals surface area (Å²) in [5, 5.41) is 5.55. The number of aromatic amines is 2. The van der Waals surface area contributed by atoms with E-state index in [-0.39, 0.29) is 47.8 Å². The van der Waals surface area contributed by atoms with Gasteiger partial charge in [0.15, 0.2) is 0 Å². The van der Waals surface area contributed by atoms with E-state index < -0.39 is 24.3 Å². The number of amides is 4. The van der Waals surface area contributed by atoms with Crippen molar-refractivity contribution < 1.29 is 28.7 Å². The zero-order chi connectivity index (χ0) is 46.5. The minimum atomic E-state index is -0.678. The Hall–Kier alpha value is -6.18. The number of fused-ring (bicyclic) bond motifs is 4. The number of rotatable bonds is 11. The van der Waals surface area contributed by atoms with Gasteiger partial charge in [-0.2, -0.15) is 0 Å². The van der Waals surface area contributed by atoms with E-state index in [1.807, 2.05) is 43.7 Å². The van der Waals surface area contributed by atoms with Crippen molar-refractivity contribution in [3.05, 3.63) is 83.6 Å². The van der Waals surface area contributed by atoms with Gasteiger partial charge in [0.1, 0.15) is 23.7 Å². The number of imidazole rings is 2. The number of alkyl carbamates (subject to hydrolysis) is 2. The Morgan fingerprint density at radius 2 is 1.19 bits per heavy atom. The second-order valence-corrected chi connectivity index (χ2v) is 21.1. The standard InChI is InChI=1S/C53H62N8O6/c1-27(2)45(58-51(64)66-5)49(62)60-41-20-32(41)22-43(60)47-54-26-40(57-47)30-11-9-29(10-12-30)34-14-15-35(37-25-53(24-36(34)37)17-7-8-18-53)31-13-16-38-39(19-31)56-48(55-38)44-23-33-21-42(33)61(44)50(63)46(28(3)4)59-52(65)67-6/h9-16,19,26-28,32-33,41-46H,7-8,17-18,20-25H2,1-6H3,(H,54,57)(H,55,56)(H,58,64)(H,59,65)/t32?,33?,41?,42?,43?,44-,45-,46-/m0/s1. The predicted molar refractivity (Wildman–Crippen MR) is 253 cm³/mol. The highest BCUT2D eigenvalue weighted by Crippen LogP contribution is 2.56. The van der Waals surface area contributed by atoms with Crippen LogP contribution in [0.5, 0.6) is 0 Å². The number of nitrogens with zero attached hydrogens (tertiary/aromatic N) is 4. The average molecular weight is 907 g/mol. The van der Waals surface area contributed by atoms with Crippen LogP contribution in [0.3, 0.4) is 0 Å². The Balaban J connectivity index is 0.853. The average Bonchev–Trinajstić information content (AvgIpc) is 3.77. The lowest BCUT2D eigenvalue weighted by molar-refractivity contribution is -0.137. The van der Waals surface area contributed by atoms with Gasteiger partial charge in [0.2, 0.25) is 11.8 Å². The molecule has 4 N–H and O–H groups in total. The lowest BCUT2D eigenvalue weighted by atomic mass is 9.82. The highest BCUT2D eigenvalue weighted by Gasteiger charge is 2.57. The van der Waals surface area contributed by atoms with E-state index in [4.69, 9.17) is 19.4 Å². The summed E-state index contributed by atoms with van der Waals surface area (Å²) in [5.74, 6) is 2.11. The van der Waals surface area contributed by atoms with Crippen molar-refractivity contribution in [3.8, 4) is 33.5 Å². The number of H-pyrrole nitrogens is 2. The molecule has 5 fully saturated rings. The number of aromatic nitrogens is 4. The molecule has 6 aliphatic rings. The summed E-state index contributed by atoms with van der Waals surface area (Å²) in [6, 6.07) is 18.6. The van der Waals surface area contributed by atoms with E-state index in [0.717, 1.165) is 78.0 Å². The van der Waals surface area contributed by atoms with Crippen molar-refractivity contribution in [2.45, 2.75) is 128 Å². The molecule has 3 saturated carbocycles. The summed E-state index contributed by atoms with van der Waals surface area (Å²) in [4.78, 5) is 73.5. The van der Waals surface area contributed by atoms with Crippen molar-refractivity contribution >= 4 is 35.0 Å². The molecule has 8 atom stereocenters. The summed E-state index contributed by atoms with van der Waals surface area (Å²) in [5.41, 5.74) is 11.9. The summed E-state index contributed by atoms with van der Waals surface area (Å²) < 4.78 is 9.71. The summed E-state index contributed by atoms with van der Waals surface area (Å²) >= 11 is 0. The number of carbonyl (C=O) groups is 4. The molecule has 14 heteroatoms. The third-order valence-corrected chi connectivity index (χ3v) is 16.2. The number of piperidine rings is 2. The fraction of sp³-hybridized carbons (Fsp3) is 0.509. The fourth-order valence-electron chi connectivity index (χ4n) is 12.5. The SMILES string of the molecule is COC(=O)N[C@H](C(=O)N1C(c2ncc(-c3ccc(-c4ccc(-c5ccc6nc([C@@H]7CC8CC8N7C(=O)[C@@H](NC(=O)OC)C(C)C)[nH]c6c5)c5c4CC4(CCCC4)C5)cc3)[nH]2)CC2CC21)C(C)C. The zero-order valence-electron chi connectivity index (χ0n) is 39.4. The molecule has 11 rings (SSSR count). The van der Waals surface area contributed by atoms with Gasteiger partial charge in [0, 0.05) is 12.1 Å². The molecule has 4 aliphatic carbocycles. The number of nitrogens with one attached hydrogen (secondary N) is 4. The highest BCUT2D eigenvalue weighted by atomic mass is 16.5. The fourth-order valence-corrected chi connectivity index (χ4v) is 12.5. The molecular formula is C53H62N8O6. The molecule has 1 spiro atoms. The summed E-state index contributed by atoms with van der Waals surface area (Å²) in [6.45, 7) is 7.76. The van der Waals surface area contributed by atoms with E-state index in [1.165, 1.54) is 67.7 Å². The monoisotopic (exact) mass is 906 g/mol. The van der Waals surface area contributed by atoms with Gasteiger partial charge in [-0.1, -0.05) is 83.0 Å². The Bertz CT molecular complexity index is 2770. The third-order valence-electron chi connectivity index (χ3n) is 16.2. The zero-order valence-corrected chi connectivity index (χ0v) is 39.4. The summed E-state index contributed by atoms with van der Waals surface area (Å²) in [7, 11) is 2.63. The van der Waals surface area contributed by atoms with Crippen molar-refractivity contribution in [2.75, 3.05) is 14.2 Å². The molecular weight excluding hydrogens is 845 g/mol.